The Morgan fingerprint density at radius 3 is 2.56 bits per heavy atom. The van der Waals surface area contributed by atoms with Crippen molar-refractivity contribution in [1.82, 2.24) is 14.7 Å². The number of carbonyl (C=O) groups excluding carboxylic acids is 2. The highest BCUT2D eigenvalue weighted by Crippen LogP contribution is 2.45. The first-order valence-electron chi connectivity index (χ1n) is 12.6. The van der Waals surface area contributed by atoms with E-state index in [1.807, 2.05) is 19.1 Å². The Labute approximate surface area is 200 Å². The minimum absolute atomic E-state index is 0.0227. The molecule has 5 unspecified atom stereocenters. The molecule has 1 aromatic rings. The van der Waals surface area contributed by atoms with E-state index in [0.29, 0.717) is 32.0 Å². The second-order valence-corrected chi connectivity index (χ2v) is 10.7. The Bertz CT molecular complexity index is 972. The molecule has 0 radical (unpaired) electrons. The van der Waals surface area contributed by atoms with Crippen molar-refractivity contribution in [2.75, 3.05) is 19.6 Å². The van der Waals surface area contributed by atoms with Gasteiger partial charge in [0, 0.05) is 25.7 Å². The minimum atomic E-state index is -0.746. The van der Waals surface area contributed by atoms with Gasteiger partial charge in [0.2, 0.25) is 11.8 Å². The molecule has 6 atom stereocenters. The number of carbonyl (C=O) groups is 2. The highest BCUT2D eigenvalue weighted by atomic mass is 19.1. The topological polar surface area (TPSA) is 93.7 Å². The van der Waals surface area contributed by atoms with Gasteiger partial charge in [0.1, 0.15) is 11.9 Å². The maximum Gasteiger partial charge on any atom is 0.241 e. The standard InChI is InChI=1S/C26H34FN5O2/c1-16-10-20(12-28)31(13-16)25(33)22(29)15-30-14-21-11-23(30)26(34)32(21)24(17-4-2-3-5-17)18-6-8-19(27)9-7-18/h6-9,16-17,20-24H,2-5,10-11,13-15,29H2,1H3/t16?,20?,21-,22?,23?,24?/m0/s1. The maximum absolute atomic E-state index is 13.6. The molecule has 182 valence electrons. The molecule has 1 saturated carbocycles. The van der Waals surface area contributed by atoms with Gasteiger partial charge in [-0.3, -0.25) is 14.5 Å². The van der Waals surface area contributed by atoms with Crippen molar-refractivity contribution >= 4 is 11.8 Å². The van der Waals surface area contributed by atoms with Crippen molar-refractivity contribution in [2.45, 2.75) is 75.7 Å². The monoisotopic (exact) mass is 467 g/mol. The van der Waals surface area contributed by atoms with E-state index in [9.17, 15) is 19.2 Å². The van der Waals surface area contributed by atoms with Crippen LogP contribution in [0.15, 0.2) is 24.3 Å². The van der Waals surface area contributed by atoms with E-state index in [-0.39, 0.29) is 41.7 Å². The van der Waals surface area contributed by atoms with Crippen molar-refractivity contribution in [2.24, 2.45) is 17.6 Å². The molecule has 4 fully saturated rings. The number of amides is 2. The average Bonchev–Trinajstić information content (AvgIpc) is 3.60. The molecule has 3 heterocycles. The van der Waals surface area contributed by atoms with Gasteiger partial charge in [0.05, 0.1) is 24.2 Å². The van der Waals surface area contributed by atoms with E-state index in [2.05, 4.69) is 15.9 Å². The zero-order valence-electron chi connectivity index (χ0n) is 19.8. The molecular formula is C26H34FN5O2. The molecule has 4 aliphatic rings. The summed E-state index contributed by atoms with van der Waals surface area (Å²) in [6.07, 6.45) is 5.93. The van der Waals surface area contributed by atoms with Crippen LogP contribution in [0.5, 0.6) is 0 Å². The van der Waals surface area contributed by atoms with Crippen molar-refractivity contribution < 1.29 is 14.0 Å². The lowest BCUT2D eigenvalue weighted by atomic mass is 9.89. The van der Waals surface area contributed by atoms with Gasteiger partial charge in [-0.05, 0) is 55.2 Å². The summed E-state index contributed by atoms with van der Waals surface area (Å²) in [5, 5.41) is 9.40. The Kier molecular flexibility index (Phi) is 6.34. The van der Waals surface area contributed by atoms with Gasteiger partial charge in [-0.2, -0.15) is 5.26 Å². The highest BCUT2D eigenvalue weighted by molar-refractivity contribution is 5.87. The van der Waals surface area contributed by atoms with Crippen molar-refractivity contribution in [3.8, 4) is 6.07 Å². The number of nitriles is 1. The maximum atomic E-state index is 13.6. The Morgan fingerprint density at radius 1 is 1.21 bits per heavy atom. The molecule has 1 aliphatic carbocycles. The van der Waals surface area contributed by atoms with Gasteiger partial charge < -0.3 is 15.5 Å². The average molecular weight is 468 g/mol. The number of hydrogen-bond acceptors (Lipinski definition) is 5. The van der Waals surface area contributed by atoms with E-state index in [1.165, 1.54) is 25.0 Å². The van der Waals surface area contributed by atoms with Crippen LogP contribution in [-0.2, 0) is 9.59 Å². The first-order valence-corrected chi connectivity index (χ1v) is 12.6. The molecule has 0 aromatic heterocycles. The summed E-state index contributed by atoms with van der Waals surface area (Å²) in [5.41, 5.74) is 7.33. The lowest BCUT2D eigenvalue weighted by Gasteiger charge is -2.42. The molecule has 8 heteroatoms. The van der Waals surface area contributed by atoms with Gasteiger partial charge in [-0.25, -0.2) is 4.39 Å². The fourth-order valence-electron chi connectivity index (χ4n) is 6.80. The number of fused-ring (bicyclic) bond motifs is 2. The zero-order valence-corrected chi connectivity index (χ0v) is 19.8. The van der Waals surface area contributed by atoms with E-state index < -0.39 is 12.1 Å². The normalized spacial score (nSPS) is 31.3. The summed E-state index contributed by atoms with van der Waals surface area (Å²) >= 11 is 0. The van der Waals surface area contributed by atoms with Crippen LogP contribution in [-0.4, -0.2) is 70.3 Å². The van der Waals surface area contributed by atoms with Crippen molar-refractivity contribution in [1.29, 1.82) is 5.26 Å². The van der Waals surface area contributed by atoms with Crippen LogP contribution >= 0.6 is 0 Å². The lowest BCUT2D eigenvalue weighted by Crippen LogP contribution is -2.57. The van der Waals surface area contributed by atoms with E-state index in [1.54, 1.807) is 4.90 Å². The molecule has 5 rings (SSSR count). The third-order valence-corrected chi connectivity index (χ3v) is 8.36. The predicted molar refractivity (Wildman–Crippen MR) is 125 cm³/mol. The zero-order chi connectivity index (χ0) is 24.0. The van der Waals surface area contributed by atoms with E-state index >= 15 is 0 Å². The van der Waals surface area contributed by atoms with Crippen LogP contribution in [0.2, 0.25) is 0 Å². The van der Waals surface area contributed by atoms with Crippen LogP contribution in [0.3, 0.4) is 0 Å². The third kappa shape index (κ3) is 4.09. The number of likely N-dealkylation sites (tertiary alicyclic amines) is 3. The number of piperazine rings is 1. The molecule has 0 spiro atoms. The van der Waals surface area contributed by atoms with Gasteiger partial charge in [-0.15, -0.1) is 0 Å². The lowest BCUT2D eigenvalue weighted by molar-refractivity contribution is -0.142. The molecule has 1 aromatic carbocycles. The van der Waals surface area contributed by atoms with Crippen LogP contribution in [0.4, 0.5) is 4.39 Å². The van der Waals surface area contributed by atoms with Crippen molar-refractivity contribution in [3.05, 3.63) is 35.6 Å². The molecular weight excluding hydrogens is 433 g/mol. The quantitative estimate of drug-likeness (QED) is 0.694. The van der Waals surface area contributed by atoms with Crippen LogP contribution < -0.4 is 5.73 Å². The second-order valence-electron chi connectivity index (χ2n) is 10.7. The smallest absolute Gasteiger partial charge is 0.241 e. The summed E-state index contributed by atoms with van der Waals surface area (Å²) in [4.78, 5) is 32.3. The number of rotatable bonds is 6. The molecule has 3 saturated heterocycles. The first kappa shape index (κ1) is 23.3. The summed E-state index contributed by atoms with van der Waals surface area (Å²) < 4.78 is 13.6. The van der Waals surface area contributed by atoms with Gasteiger partial charge in [-0.1, -0.05) is 31.9 Å². The number of nitrogens with zero attached hydrogens (tertiary/aromatic N) is 4. The van der Waals surface area contributed by atoms with Gasteiger partial charge in [0.15, 0.2) is 0 Å². The summed E-state index contributed by atoms with van der Waals surface area (Å²) in [6, 6.07) is 7.48. The van der Waals surface area contributed by atoms with E-state index in [0.717, 1.165) is 24.8 Å². The van der Waals surface area contributed by atoms with Gasteiger partial charge >= 0.3 is 0 Å². The molecule has 7 nitrogen and oxygen atoms in total. The number of halogens is 1. The third-order valence-electron chi connectivity index (χ3n) is 8.36. The van der Waals surface area contributed by atoms with Crippen molar-refractivity contribution in [3.63, 3.8) is 0 Å². The summed E-state index contributed by atoms with van der Waals surface area (Å²) in [5.74, 6) is 0.322. The SMILES string of the molecule is CC1CC(C#N)N(C(=O)C(N)CN2C[C@@H]3CC2C(=O)N3C(c2ccc(F)cc2)C2CCCC2)C1. The minimum Gasteiger partial charge on any atom is -0.330 e. The summed E-state index contributed by atoms with van der Waals surface area (Å²) in [6.45, 7) is 3.62. The fourth-order valence-corrected chi connectivity index (χ4v) is 6.80. The van der Waals surface area contributed by atoms with Crippen LogP contribution in [0.1, 0.15) is 57.1 Å². The molecule has 3 aliphatic heterocycles. The Hall–Kier alpha value is -2.50. The number of hydrogen-bond donors (Lipinski definition) is 1. The van der Waals surface area contributed by atoms with Crippen LogP contribution in [0.25, 0.3) is 0 Å². The summed E-state index contributed by atoms with van der Waals surface area (Å²) in [7, 11) is 0. The molecule has 2 amide bonds. The van der Waals surface area contributed by atoms with Gasteiger partial charge in [0.25, 0.3) is 0 Å². The van der Waals surface area contributed by atoms with Crippen LogP contribution in [0, 0.1) is 29.0 Å². The molecule has 2 N–H and O–H groups in total. The number of benzene rings is 1. The first-order chi connectivity index (χ1) is 16.4. The highest BCUT2D eigenvalue weighted by Gasteiger charge is 2.53. The number of nitrogens with two attached hydrogens (primary N) is 1. The Morgan fingerprint density at radius 2 is 1.91 bits per heavy atom. The molecule has 2 bridgehead atoms. The largest absolute Gasteiger partial charge is 0.330 e. The predicted octanol–water partition coefficient (Wildman–Crippen LogP) is 2.43. The Balaban J connectivity index is 1.28. The van der Waals surface area contributed by atoms with E-state index in [4.69, 9.17) is 5.73 Å². The molecule has 34 heavy (non-hydrogen) atoms. The fraction of sp³-hybridized carbons (Fsp3) is 0.654. The second kappa shape index (κ2) is 9.27.